The molecule has 0 aliphatic carbocycles. The number of anilines is 1. The van der Waals surface area contributed by atoms with Crippen LogP contribution in [0.1, 0.15) is 11.1 Å². The summed E-state index contributed by atoms with van der Waals surface area (Å²) in [5.41, 5.74) is 7.54. The zero-order chi connectivity index (χ0) is 15.4. The molecule has 110 valence electrons. The molecule has 7 heteroatoms. The Bertz CT molecular complexity index is 692. The quantitative estimate of drug-likeness (QED) is 0.304. The third-order valence-electron chi connectivity index (χ3n) is 2.86. The molecular formula is C14H12Br2FN3O. The van der Waals surface area contributed by atoms with Crippen LogP contribution in [-0.2, 0) is 6.54 Å². The maximum Gasteiger partial charge on any atom is 0.170 e. The third kappa shape index (κ3) is 3.95. The lowest BCUT2D eigenvalue weighted by atomic mass is 10.1. The fraction of sp³-hybridized carbons (Fsp3) is 0.0714. The van der Waals surface area contributed by atoms with Gasteiger partial charge in [-0.2, -0.15) is 0 Å². The van der Waals surface area contributed by atoms with Gasteiger partial charge < -0.3 is 16.3 Å². The predicted molar refractivity (Wildman–Crippen MR) is 88.1 cm³/mol. The third-order valence-corrected chi connectivity index (χ3v) is 4.01. The Morgan fingerprint density at radius 1 is 1.24 bits per heavy atom. The van der Waals surface area contributed by atoms with Crippen molar-refractivity contribution in [3.63, 3.8) is 0 Å². The zero-order valence-electron chi connectivity index (χ0n) is 10.8. The number of nitrogens with one attached hydrogen (secondary N) is 1. The highest BCUT2D eigenvalue weighted by Gasteiger charge is 2.09. The zero-order valence-corrected chi connectivity index (χ0v) is 13.9. The second-order valence-corrected chi connectivity index (χ2v) is 6.03. The van der Waals surface area contributed by atoms with E-state index in [0.717, 1.165) is 20.2 Å². The average molecular weight is 417 g/mol. The monoisotopic (exact) mass is 415 g/mol. The van der Waals surface area contributed by atoms with Crippen LogP contribution in [0.15, 0.2) is 50.5 Å². The number of halogens is 3. The molecule has 0 atom stereocenters. The normalized spacial score (nSPS) is 11.5. The molecule has 2 aromatic rings. The molecule has 0 heterocycles. The van der Waals surface area contributed by atoms with E-state index in [4.69, 9.17) is 10.9 Å². The number of hydrogen-bond donors (Lipinski definition) is 3. The maximum absolute atomic E-state index is 13.3. The van der Waals surface area contributed by atoms with Gasteiger partial charge in [0.25, 0.3) is 0 Å². The summed E-state index contributed by atoms with van der Waals surface area (Å²) in [5, 5.41) is 14.9. The van der Waals surface area contributed by atoms with Gasteiger partial charge in [0, 0.05) is 26.7 Å². The molecule has 4 nitrogen and oxygen atoms in total. The molecule has 0 saturated heterocycles. The largest absolute Gasteiger partial charge is 0.409 e. The minimum atomic E-state index is -0.440. The summed E-state index contributed by atoms with van der Waals surface area (Å²) in [6.07, 6.45) is 0. The lowest BCUT2D eigenvalue weighted by Crippen LogP contribution is -2.17. The summed E-state index contributed by atoms with van der Waals surface area (Å²) in [4.78, 5) is 0. The van der Waals surface area contributed by atoms with Crippen molar-refractivity contribution in [2.24, 2.45) is 10.9 Å². The van der Waals surface area contributed by atoms with E-state index >= 15 is 0 Å². The van der Waals surface area contributed by atoms with E-state index in [-0.39, 0.29) is 5.84 Å². The van der Waals surface area contributed by atoms with Gasteiger partial charge in [-0.1, -0.05) is 27.2 Å². The molecule has 0 fully saturated rings. The smallest absolute Gasteiger partial charge is 0.170 e. The first kappa shape index (κ1) is 15.8. The molecule has 0 bridgehead atoms. The van der Waals surface area contributed by atoms with Crippen molar-refractivity contribution < 1.29 is 9.60 Å². The Balaban J connectivity index is 2.24. The van der Waals surface area contributed by atoms with Gasteiger partial charge in [-0.05, 0) is 51.8 Å². The van der Waals surface area contributed by atoms with Gasteiger partial charge in [0.1, 0.15) is 5.82 Å². The summed E-state index contributed by atoms with van der Waals surface area (Å²) in [6, 6.07) is 9.90. The number of benzene rings is 2. The molecule has 0 aliphatic rings. The van der Waals surface area contributed by atoms with Crippen molar-refractivity contribution in [3.05, 3.63) is 62.3 Å². The molecular weight excluding hydrogens is 405 g/mol. The predicted octanol–water partition coefficient (Wildman–Crippen LogP) is 4.06. The fourth-order valence-electron chi connectivity index (χ4n) is 1.82. The Morgan fingerprint density at radius 2 is 2.00 bits per heavy atom. The first-order valence-corrected chi connectivity index (χ1v) is 7.55. The van der Waals surface area contributed by atoms with Crippen LogP contribution in [0, 0.1) is 5.82 Å². The van der Waals surface area contributed by atoms with E-state index in [2.05, 4.69) is 42.3 Å². The fourth-order valence-corrected chi connectivity index (χ4v) is 3.01. The van der Waals surface area contributed by atoms with Crippen LogP contribution >= 0.6 is 31.9 Å². The molecule has 21 heavy (non-hydrogen) atoms. The highest BCUT2D eigenvalue weighted by atomic mass is 79.9. The van der Waals surface area contributed by atoms with Gasteiger partial charge in [-0.3, -0.25) is 0 Å². The topological polar surface area (TPSA) is 70.6 Å². The lowest BCUT2D eigenvalue weighted by Gasteiger charge is -2.12. The van der Waals surface area contributed by atoms with Crippen molar-refractivity contribution >= 4 is 43.4 Å². The van der Waals surface area contributed by atoms with Crippen LogP contribution in [0.4, 0.5) is 10.1 Å². The number of amidine groups is 1. The van der Waals surface area contributed by atoms with Crippen molar-refractivity contribution in [1.82, 2.24) is 0 Å². The maximum atomic E-state index is 13.3. The summed E-state index contributed by atoms with van der Waals surface area (Å²) < 4.78 is 15.1. The van der Waals surface area contributed by atoms with Gasteiger partial charge in [-0.25, -0.2) is 4.39 Å². The standard InChI is InChI=1S/C14H12Br2FN3O/c15-9-2-4-13(12(16)5-9)19-7-8-1-3-10(17)6-11(8)14(18)20-21/h1-6,19,21H,7H2,(H2,18,20). The molecule has 0 amide bonds. The number of oxime groups is 1. The molecule has 0 unspecified atom stereocenters. The second kappa shape index (κ2) is 6.91. The Morgan fingerprint density at radius 3 is 2.67 bits per heavy atom. The summed E-state index contributed by atoms with van der Waals surface area (Å²) in [5.74, 6) is -0.564. The average Bonchev–Trinajstić information content (AvgIpc) is 2.46. The van der Waals surface area contributed by atoms with Gasteiger partial charge >= 0.3 is 0 Å². The molecule has 2 rings (SSSR count). The van der Waals surface area contributed by atoms with E-state index in [0.29, 0.717) is 12.1 Å². The Hall–Kier alpha value is -1.60. The Labute approximate surface area is 138 Å². The molecule has 0 radical (unpaired) electrons. The number of hydrogen-bond acceptors (Lipinski definition) is 3. The van der Waals surface area contributed by atoms with Crippen LogP contribution < -0.4 is 11.1 Å². The minimum absolute atomic E-state index is 0.124. The SMILES string of the molecule is NC(=NO)c1cc(F)ccc1CNc1ccc(Br)cc1Br. The van der Waals surface area contributed by atoms with Crippen LogP contribution in [0.5, 0.6) is 0 Å². The molecule has 0 aromatic heterocycles. The van der Waals surface area contributed by atoms with Crippen LogP contribution in [-0.4, -0.2) is 11.0 Å². The molecule has 2 aromatic carbocycles. The van der Waals surface area contributed by atoms with Crippen LogP contribution in [0.3, 0.4) is 0 Å². The summed E-state index contributed by atoms with van der Waals surface area (Å²) in [6.45, 7) is 0.409. The molecule has 0 spiro atoms. The molecule has 0 aliphatic heterocycles. The van der Waals surface area contributed by atoms with Gasteiger partial charge in [-0.15, -0.1) is 0 Å². The highest BCUT2D eigenvalue weighted by Crippen LogP contribution is 2.26. The first-order valence-electron chi connectivity index (χ1n) is 5.96. The second-order valence-electron chi connectivity index (χ2n) is 4.26. The van der Waals surface area contributed by atoms with Crippen LogP contribution in [0.2, 0.25) is 0 Å². The summed E-state index contributed by atoms with van der Waals surface area (Å²) >= 11 is 6.83. The van der Waals surface area contributed by atoms with Gasteiger partial charge in [0.05, 0.1) is 0 Å². The number of nitrogens with zero attached hydrogens (tertiary/aromatic N) is 1. The van der Waals surface area contributed by atoms with E-state index in [1.165, 1.54) is 12.1 Å². The van der Waals surface area contributed by atoms with E-state index in [1.807, 2.05) is 18.2 Å². The highest BCUT2D eigenvalue weighted by molar-refractivity contribution is 9.11. The number of rotatable bonds is 4. The Kier molecular flexibility index (Phi) is 5.19. The lowest BCUT2D eigenvalue weighted by molar-refractivity contribution is 0.318. The molecule has 4 N–H and O–H groups in total. The van der Waals surface area contributed by atoms with Crippen molar-refractivity contribution in [1.29, 1.82) is 0 Å². The van der Waals surface area contributed by atoms with Crippen LogP contribution in [0.25, 0.3) is 0 Å². The summed E-state index contributed by atoms with van der Waals surface area (Å²) in [7, 11) is 0. The van der Waals surface area contributed by atoms with E-state index in [9.17, 15) is 4.39 Å². The van der Waals surface area contributed by atoms with E-state index < -0.39 is 5.82 Å². The molecule has 0 saturated carbocycles. The van der Waals surface area contributed by atoms with Crippen molar-refractivity contribution in [2.45, 2.75) is 6.54 Å². The van der Waals surface area contributed by atoms with E-state index in [1.54, 1.807) is 6.07 Å². The van der Waals surface area contributed by atoms with Gasteiger partial charge in [0.15, 0.2) is 5.84 Å². The number of nitrogens with two attached hydrogens (primary N) is 1. The van der Waals surface area contributed by atoms with Gasteiger partial charge in [0.2, 0.25) is 0 Å². The first-order chi connectivity index (χ1) is 10.0. The van der Waals surface area contributed by atoms with Crippen molar-refractivity contribution in [3.8, 4) is 0 Å². The van der Waals surface area contributed by atoms with Crippen molar-refractivity contribution in [2.75, 3.05) is 5.32 Å². The minimum Gasteiger partial charge on any atom is -0.409 e.